The lowest BCUT2D eigenvalue weighted by atomic mass is 9.85. The quantitative estimate of drug-likeness (QED) is 0.746. The Balaban J connectivity index is 1.46. The van der Waals surface area contributed by atoms with Gasteiger partial charge in [0.15, 0.2) is 6.17 Å². The molecule has 0 bridgehead atoms. The number of alkyl halides is 1. The molecule has 1 spiro atoms. The molecule has 2 atom stereocenters. The molecule has 5 heteroatoms. The van der Waals surface area contributed by atoms with Crippen LogP contribution in [0.15, 0.2) is 0 Å². The average Bonchev–Trinajstić information content (AvgIpc) is 3.28. The van der Waals surface area contributed by atoms with Crippen LogP contribution in [-0.4, -0.2) is 43.1 Å². The summed E-state index contributed by atoms with van der Waals surface area (Å²) in [5.74, 6) is -0.0923. The highest BCUT2D eigenvalue weighted by Gasteiger charge is 2.59. The largest absolute Gasteiger partial charge is 0.469 e. The molecule has 2 saturated carbocycles. The molecule has 1 heterocycles. The van der Waals surface area contributed by atoms with Gasteiger partial charge in [-0.05, 0) is 37.0 Å². The van der Waals surface area contributed by atoms with Gasteiger partial charge >= 0.3 is 5.97 Å². The van der Waals surface area contributed by atoms with Crippen molar-refractivity contribution in [3.05, 3.63) is 0 Å². The number of carbonyl (C=O) groups is 2. The van der Waals surface area contributed by atoms with Gasteiger partial charge in [0.2, 0.25) is 0 Å². The van der Waals surface area contributed by atoms with Gasteiger partial charge in [-0.2, -0.15) is 0 Å². The zero-order valence-electron chi connectivity index (χ0n) is 14.1. The second kappa shape index (κ2) is 6.78. The van der Waals surface area contributed by atoms with Crippen LogP contribution in [0.5, 0.6) is 0 Å². The Morgan fingerprint density at radius 3 is 2.48 bits per heavy atom. The number of carbonyl (C=O) groups excluding carboxylic acids is 2. The molecule has 3 fully saturated rings. The lowest BCUT2D eigenvalue weighted by Gasteiger charge is -2.34. The molecule has 3 aliphatic rings. The SMILES string of the molecule is COC(=O)C1CC12CCN(C(=O)C(F)CC1CCCCC1)CC2. The van der Waals surface area contributed by atoms with Crippen LogP contribution in [0, 0.1) is 17.3 Å². The van der Waals surface area contributed by atoms with Crippen molar-refractivity contribution < 1.29 is 18.7 Å². The van der Waals surface area contributed by atoms with E-state index in [0.29, 0.717) is 25.4 Å². The summed E-state index contributed by atoms with van der Waals surface area (Å²) in [6.45, 7) is 1.16. The minimum absolute atomic E-state index is 0.00633. The molecule has 0 N–H and O–H groups in total. The van der Waals surface area contributed by atoms with Crippen LogP contribution >= 0.6 is 0 Å². The van der Waals surface area contributed by atoms with Gasteiger partial charge in [-0.1, -0.05) is 32.1 Å². The minimum Gasteiger partial charge on any atom is -0.469 e. The predicted molar refractivity (Wildman–Crippen MR) is 84.5 cm³/mol. The van der Waals surface area contributed by atoms with E-state index >= 15 is 0 Å². The highest BCUT2D eigenvalue weighted by Crippen LogP contribution is 2.59. The fraction of sp³-hybridized carbons (Fsp3) is 0.889. The van der Waals surface area contributed by atoms with E-state index in [0.717, 1.165) is 32.1 Å². The number of methoxy groups -OCH3 is 1. The molecule has 130 valence electrons. The van der Waals surface area contributed by atoms with E-state index in [2.05, 4.69) is 0 Å². The lowest BCUT2D eigenvalue weighted by molar-refractivity contribution is -0.143. The molecule has 2 unspecified atom stereocenters. The van der Waals surface area contributed by atoms with Crippen molar-refractivity contribution >= 4 is 11.9 Å². The van der Waals surface area contributed by atoms with E-state index in [1.807, 2.05) is 0 Å². The average molecular weight is 325 g/mol. The van der Waals surface area contributed by atoms with Crippen LogP contribution in [0.4, 0.5) is 4.39 Å². The van der Waals surface area contributed by atoms with Crippen molar-refractivity contribution in [1.82, 2.24) is 4.90 Å². The molecule has 0 aromatic heterocycles. The Kier molecular flexibility index (Phi) is 4.93. The van der Waals surface area contributed by atoms with Crippen molar-refractivity contribution in [2.24, 2.45) is 17.3 Å². The third-order valence-corrected chi connectivity index (χ3v) is 6.28. The molecule has 1 amide bonds. The van der Waals surface area contributed by atoms with E-state index in [1.54, 1.807) is 4.90 Å². The summed E-state index contributed by atoms with van der Waals surface area (Å²) in [6.07, 6.45) is 7.24. The summed E-state index contributed by atoms with van der Waals surface area (Å²) in [5.41, 5.74) is 0.0268. The summed E-state index contributed by atoms with van der Waals surface area (Å²) in [7, 11) is 1.42. The van der Waals surface area contributed by atoms with Gasteiger partial charge in [-0.15, -0.1) is 0 Å². The molecular weight excluding hydrogens is 297 g/mol. The van der Waals surface area contributed by atoms with Crippen molar-refractivity contribution in [3.8, 4) is 0 Å². The minimum atomic E-state index is -1.34. The maximum atomic E-state index is 14.4. The van der Waals surface area contributed by atoms with Crippen LogP contribution in [-0.2, 0) is 14.3 Å². The molecule has 4 nitrogen and oxygen atoms in total. The first kappa shape index (κ1) is 16.7. The summed E-state index contributed by atoms with van der Waals surface area (Å²) >= 11 is 0. The van der Waals surface area contributed by atoms with E-state index in [-0.39, 0.29) is 23.2 Å². The molecule has 0 radical (unpaired) electrons. The van der Waals surface area contributed by atoms with Crippen LogP contribution in [0.25, 0.3) is 0 Å². The van der Waals surface area contributed by atoms with E-state index in [4.69, 9.17) is 4.74 Å². The van der Waals surface area contributed by atoms with E-state index < -0.39 is 6.17 Å². The number of nitrogens with zero attached hydrogens (tertiary/aromatic N) is 1. The van der Waals surface area contributed by atoms with Crippen LogP contribution in [0.2, 0.25) is 0 Å². The number of rotatable bonds is 4. The molecule has 0 aromatic carbocycles. The maximum Gasteiger partial charge on any atom is 0.309 e. The van der Waals surface area contributed by atoms with Crippen LogP contribution < -0.4 is 0 Å². The number of hydrogen-bond donors (Lipinski definition) is 0. The van der Waals surface area contributed by atoms with Gasteiger partial charge in [-0.25, -0.2) is 4.39 Å². The zero-order chi connectivity index (χ0) is 16.4. The van der Waals surface area contributed by atoms with Crippen LogP contribution in [0.3, 0.4) is 0 Å². The van der Waals surface area contributed by atoms with Crippen molar-refractivity contribution in [2.45, 2.75) is 64.0 Å². The van der Waals surface area contributed by atoms with Gasteiger partial charge in [0.1, 0.15) is 0 Å². The Labute approximate surface area is 137 Å². The van der Waals surface area contributed by atoms with Crippen molar-refractivity contribution in [1.29, 1.82) is 0 Å². The van der Waals surface area contributed by atoms with Crippen molar-refractivity contribution in [2.75, 3.05) is 20.2 Å². The third kappa shape index (κ3) is 3.53. The van der Waals surface area contributed by atoms with Gasteiger partial charge in [0.25, 0.3) is 5.91 Å². The number of halogens is 1. The number of piperidine rings is 1. The number of amides is 1. The number of ether oxygens (including phenoxy) is 1. The Morgan fingerprint density at radius 1 is 1.22 bits per heavy atom. The molecule has 3 rings (SSSR count). The second-order valence-electron chi connectivity index (χ2n) is 7.67. The summed E-state index contributed by atoms with van der Waals surface area (Å²) in [5, 5.41) is 0. The second-order valence-corrected chi connectivity index (χ2v) is 7.67. The predicted octanol–water partition coefficient (Wildman–Crippen LogP) is 3.10. The fourth-order valence-corrected chi connectivity index (χ4v) is 4.56. The van der Waals surface area contributed by atoms with Crippen LogP contribution in [0.1, 0.15) is 57.8 Å². The smallest absolute Gasteiger partial charge is 0.309 e. The molecule has 0 aromatic rings. The maximum absolute atomic E-state index is 14.4. The van der Waals surface area contributed by atoms with E-state index in [9.17, 15) is 14.0 Å². The molecular formula is C18H28FNO3. The van der Waals surface area contributed by atoms with Gasteiger partial charge in [-0.3, -0.25) is 9.59 Å². The highest BCUT2D eigenvalue weighted by atomic mass is 19.1. The van der Waals surface area contributed by atoms with Crippen molar-refractivity contribution in [3.63, 3.8) is 0 Å². The lowest BCUT2D eigenvalue weighted by Crippen LogP contribution is -2.44. The molecule has 1 aliphatic heterocycles. The zero-order valence-corrected chi connectivity index (χ0v) is 14.1. The fourth-order valence-electron chi connectivity index (χ4n) is 4.56. The van der Waals surface area contributed by atoms with Gasteiger partial charge in [0, 0.05) is 13.1 Å². The molecule has 1 saturated heterocycles. The molecule has 23 heavy (non-hydrogen) atoms. The number of likely N-dealkylation sites (tertiary alicyclic amines) is 1. The summed E-state index contributed by atoms with van der Waals surface area (Å²) in [6, 6.07) is 0. The standard InChI is InChI=1S/C18H28FNO3/c1-23-17(22)14-12-18(14)7-9-20(10-8-18)16(21)15(19)11-13-5-3-2-4-6-13/h13-15H,2-12H2,1H3. The Hall–Kier alpha value is -1.13. The topological polar surface area (TPSA) is 46.6 Å². The first-order valence-electron chi connectivity index (χ1n) is 9.06. The monoisotopic (exact) mass is 325 g/mol. The van der Waals surface area contributed by atoms with Gasteiger partial charge < -0.3 is 9.64 Å². The molecule has 2 aliphatic carbocycles. The number of esters is 1. The third-order valence-electron chi connectivity index (χ3n) is 6.28. The highest BCUT2D eigenvalue weighted by molar-refractivity contribution is 5.81. The summed E-state index contributed by atoms with van der Waals surface area (Å²) in [4.78, 5) is 25.6. The summed E-state index contributed by atoms with van der Waals surface area (Å²) < 4.78 is 19.2. The first-order valence-corrected chi connectivity index (χ1v) is 9.06. The Bertz CT molecular complexity index is 453. The van der Waals surface area contributed by atoms with Gasteiger partial charge in [0.05, 0.1) is 13.0 Å². The normalized spacial score (nSPS) is 28.4. The Morgan fingerprint density at radius 2 is 1.87 bits per heavy atom. The first-order chi connectivity index (χ1) is 11.1. The number of hydrogen-bond acceptors (Lipinski definition) is 3. The van der Waals surface area contributed by atoms with E-state index in [1.165, 1.54) is 26.4 Å².